The van der Waals surface area contributed by atoms with Crippen LogP contribution in [0.5, 0.6) is 5.75 Å². The molecule has 0 atom stereocenters. The van der Waals surface area contributed by atoms with Gasteiger partial charge in [-0.15, -0.1) is 0 Å². The van der Waals surface area contributed by atoms with Crippen LogP contribution in [0, 0.1) is 11.3 Å². The molecule has 0 unspecified atom stereocenters. The van der Waals surface area contributed by atoms with Crippen LogP contribution in [0.25, 0.3) is 32.9 Å². The van der Waals surface area contributed by atoms with Crippen LogP contribution in [-0.4, -0.2) is 21.6 Å². The lowest BCUT2D eigenvalue weighted by Gasteiger charge is -2.10. The molecule has 0 saturated heterocycles. The van der Waals surface area contributed by atoms with Crippen molar-refractivity contribution in [3.05, 3.63) is 126 Å². The Bertz CT molecular complexity index is 1850. The van der Waals surface area contributed by atoms with Gasteiger partial charge in [0.1, 0.15) is 5.75 Å². The number of benzene rings is 4. The second-order valence-corrected chi connectivity index (χ2v) is 10.0. The molecular weight excluding hydrogens is 494 g/mol. The van der Waals surface area contributed by atoms with E-state index in [0.717, 1.165) is 58.2 Å². The van der Waals surface area contributed by atoms with Crippen molar-refractivity contribution in [2.75, 3.05) is 6.61 Å². The van der Waals surface area contributed by atoms with Crippen LogP contribution in [0.4, 0.5) is 0 Å². The Hall–Kier alpha value is -5.08. The van der Waals surface area contributed by atoms with Gasteiger partial charge in [-0.2, -0.15) is 5.26 Å². The van der Waals surface area contributed by atoms with Crippen molar-refractivity contribution in [2.24, 2.45) is 0 Å². The number of nitrogens with zero attached hydrogens (tertiary/aromatic N) is 3. The second kappa shape index (κ2) is 11.0. The lowest BCUT2D eigenvalue weighted by molar-refractivity contribution is 0.0965. The number of unbranched alkanes of at least 4 members (excludes halogenated alkanes) is 1. The van der Waals surface area contributed by atoms with Crippen LogP contribution >= 0.6 is 0 Å². The first-order valence-electron chi connectivity index (χ1n) is 13.6. The molecule has 5 heteroatoms. The van der Waals surface area contributed by atoms with Crippen LogP contribution in [0.15, 0.2) is 109 Å². The summed E-state index contributed by atoms with van der Waals surface area (Å²) in [7, 11) is 0. The number of rotatable bonds is 8. The molecule has 0 aliphatic carbocycles. The maximum Gasteiger partial charge on any atom is 0.262 e. The Morgan fingerprint density at radius 2 is 1.48 bits per heavy atom. The summed E-state index contributed by atoms with van der Waals surface area (Å²) < 4.78 is 9.69. The average molecular weight is 524 g/mol. The summed E-state index contributed by atoms with van der Waals surface area (Å²) >= 11 is 0. The molecule has 0 aliphatic heterocycles. The standard InChI is InChI=1S/C35H29N3O2/c1-2-3-20-40-32-14-12-29(13-15-32)35(39)38-19-17-28-9-11-31(22-34(28)38)30-10-8-27-16-18-37(33(27)21-30)24-26-6-4-25(23-36)5-7-26/h4-19,21-22H,2-3,20,24H2,1H3. The maximum atomic E-state index is 13.4. The van der Waals surface area contributed by atoms with E-state index in [1.807, 2.05) is 60.8 Å². The Labute approximate surface area is 233 Å². The molecule has 196 valence electrons. The first kappa shape index (κ1) is 25.2. The van der Waals surface area contributed by atoms with Gasteiger partial charge >= 0.3 is 0 Å². The lowest BCUT2D eigenvalue weighted by Crippen LogP contribution is -2.10. The zero-order valence-corrected chi connectivity index (χ0v) is 22.4. The smallest absolute Gasteiger partial charge is 0.262 e. The van der Waals surface area contributed by atoms with E-state index in [2.05, 4.69) is 66.2 Å². The molecule has 0 fully saturated rings. The summed E-state index contributed by atoms with van der Waals surface area (Å²) in [6.45, 7) is 3.53. The number of hydrogen-bond donors (Lipinski definition) is 0. The summed E-state index contributed by atoms with van der Waals surface area (Å²) in [5, 5.41) is 11.3. The van der Waals surface area contributed by atoms with E-state index in [4.69, 9.17) is 10.00 Å². The van der Waals surface area contributed by atoms with Crippen molar-refractivity contribution < 1.29 is 9.53 Å². The molecule has 0 aliphatic rings. The molecule has 0 saturated carbocycles. The molecule has 0 N–H and O–H groups in total. The minimum Gasteiger partial charge on any atom is -0.494 e. The third kappa shape index (κ3) is 5.00. The van der Waals surface area contributed by atoms with Gasteiger partial charge in [0.15, 0.2) is 0 Å². The van der Waals surface area contributed by atoms with Crippen LogP contribution in [0.1, 0.15) is 41.3 Å². The topological polar surface area (TPSA) is 59.9 Å². The van der Waals surface area contributed by atoms with Gasteiger partial charge in [0.2, 0.25) is 0 Å². The predicted octanol–water partition coefficient (Wildman–Crippen LogP) is 8.05. The molecule has 40 heavy (non-hydrogen) atoms. The number of nitriles is 1. The van der Waals surface area contributed by atoms with Crippen molar-refractivity contribution >= 4 is 27.7 Å². The Kier molecular flexibility index (Phi) is 6.91. The quantitative estimate of drug-likeness (QED) is 0.190. The zero-order valence-electron chi connectivity index (χ0n) is 22.4. The van der Waals surface area contributed by atoms with Crippen LogP contribution in [-0.2, 0) is 6.54 Å². The number of carbonyl (C=O) groups is 1. The first-order valence-corrected chi connectivity index (χ1v) is 13.6. The summed E-state index contributed by atoms with van der Waals surface area (Å²) in [5.41, 5.74) is 6.56. The summed E-state index contributed by atoms with van der Waals surface area (Å²) in [5.74, 6) is 0.711. The molecule has 2 heterocycles. The molecule has 0 radical (unpaired) electrons. The number of fused-ring (bicyclic) bond motifs is 2. The largest absolute Gasteiger partial charge is 0.494 e. The number of ether oxygens (including phenoxy) is 1. The minimum atomic E-state index is -0.0704. The molecule has 0 bridgehead atoms. The minimum absolute atomic E-state index is 0.0704. The highest BCUT2D eigenvalue weighted by Gasteiger charge is 2.13. The summed E-state index contributed by atoms with van der Waals surface area (Å²) in [6.07, 6.45) is 6.03. The number of aromatic nitrogens is 2. The third-order valence-electron chi connectivity index (χ3n) is 7.32. The number of hydrogen-bond acceptors (Lipinski definition) is 3. The second-order valence-electron chi connectivity index (χ2n) is 10.0. The van der Waals surface area contributed by atoms with E-state index in [-0.39, 0.29) is 5.91 Å². The van der Waals surface area contributed by atoms with E-state index in [0.29, 0.717) is 17.7 Å². The fourth-order valence-electron chi connectivity index (χ4n) is 5.03. The van der Waals surface area contributed by atoms with E-state index in [1.165, 1.54) is 5.39 Å². The predicted molar refractivity (Wildman–Crippen MR) is 160 cm³/mol. The zero-order chi connectivity index (χ0) is 27.5. The fraction of sp³-hybridized carbons (Fsp3) is 0.143. The summed E-state index contributed by atoms with van der Waals surface area (Å²) in [4.78, 5) is 13.4. The number of carbonyl (C=O) groups excluding carboxylic acids is 1. The van der Waals surface area contributed by atoms with Crippen molar-refractivity contribution in [1.29, 1.82) is 5.26 Å². The first-order chi connectivity index (χ1) is 19.6. The van der Waals surface area contributed by atoms with Gasteiger partial charge in [0.25, 0.3) is 5.91 Å². The van der Waals surface area contributed by atoms with Gasteiger partial charge in [-0.25, -0.2) is 0 Å². The average Bonchev–Trinajstić information content (AvgIpc) is 3.61. The molecule has 2 aromatic heterocycles. The van der Waals surface area contributed by atoms with Gasteiger partial charge in [-0.05, 0) is 89.2 Å². The molecular formula is C35H29N3O2. The van der Waals surface area contributed by atoms with Crippen LogP contribution < -0.4 is 4.74 Å². The Morgan fingerprint density at radius 1 is 0.800 bits per heavy atom. The highest BCUT2D eigenvalue weighted by molar-refractivity contribution is 6.03. The molecule has 0 amide bonds. The monoisotopic (exact) mass is 523 g/mol. The highest BCUT2D eigenvalue weighted by Crippen LogP contribution is 2.29. The van der Waals surface area contributed by atoms with Crippen LogP contribution in [0.3, 0.4) is 0 Å². The van der Waals surface area contributed by atoms with Gasteiger partial charge < -0.3 is 9.30 Å². The lowest BCUT2D eigenvalue weighted by atomic mass is 10.0. The molecule has 6 aromatic rings. The fourth-order valence-corrected chi connectivity index (χ4v) is 5.03. The third-order valence-corrected chi connectivity index (χ3v) is 7.32. The van der Waals surface area contributed by atoms with E-state index >= 15 is 0 Å². The van der Waals surface area contributed by atoms with Crippen LogP contribution in [0.2, 0.25) is 0 Å². The Balaban J connectivity index is 1.29. The van der Waals surface area contributed by atoms with Gasteiger partial charge in [-0.1, -0.05) is 49.7 Å². The highest BCUT2D eigenvalue weighted by atomic mass is 16.5. The molecule has 5 nitrogen and oxygen atoms in total. The molecule has 4 aromatic carbocycles. The normalized spacial score (nSPS) is 11.1. The molecule has 0 spiro atoms. The van der Waals surface area contributed by atoms with Crippen molar-refractivity contribution in [3.8, 4) is 22.9 Å². The van der Waals surface area contributed by atoms with Gasteiger partial charge in [0.05, 0.1) is 23.8 Å². The van der Waals surface area contributed by atoms with Crippen molar-refractivity contribution in [2.45, 2.75) is 26.3 Å². The van der Waals surface area contributed by atoms with E-state index in [9.17, 15) is 4.79 Å². The maximum absolute atomic E-state index is 13.4. The van der Waals surface area contributed by atoms with Gasteiger partial charge in [0, 0.05) is 35.4 Å². The van der Waals surface area contributed by atoms with E-state index < -0.39 is 0 Å². The molecule has 6 rings (SSSR count). The van der Waals surface area contributed by atoms with Crippen molar-refractivity contribution in [1.82, 2.24) is 9.13 Å². The SMILES string of the molecule is CCCCOc1ccc(C(=O)n2ccc3ccc(-c4ccc5ccn(Cc6ccc(C#N)cc6)c5c4)cc32)cc1. The Morgan fingerprint density at radius 3 is 2.17 bits per heavy atom. The van der Waals surface area contributed by atoms with Crippen molar-refractivity contribution in [3.63, 3.8) is 0 Å². The van der Waals surface area contributed by atoms with Gasteiger partial charge in [-0.3, -0.25) is 9.36 Å². The van der Waals surface area contributed by atoms with E-state index in [1.54, 1.807) is 4.57 Å². The summed E-state index contributed by atoms with van der Waals surface area (Å²) in [6, 6.07) is 34.1.